The zero-order valence-corrected chi connectivity index (χ0v) is 18.0. The molecule has 2 heterocycles. The monoisotopic (exact) mass is 446 g/mol. The van der Waals surface area contributed by atoms with Gasteiger partial charge in [-0.05, 0) is 30.7 Å². The van der Waals surface area contributed by atoms with Crippen molar-refractivity contribution in [1.29, 1.82) is 0 Å². The van der Waals surface area contributed by atoms with E-state index in [1.54, 1.807) is 31.4 Å². The van der Waals surface area contributed by atoms with Crippen molar-refractivity contribution < 1.29 is 18.6 Å². The summed E-state index contributed by atoms with van der Waals surface area (Å²) >= 11 is 5.92. The average molecular weight is 447 g/mol. The molecule has 164 valence electrons. The molecule has 0 unspecified atom stereocenters. The van der Waals surface area contributed by atoms with Gasteiger partial charge in [-0.15, -0.1) is 0 Å². The summed E-state index contributed by atoms with van der Waals surface area (Å²) in [6.45, 7) is 4.80. The molecule has 0 saturated carbocycles. The Hall–Kier alpha value is -2.68. The van der Waals surface area contributed by atoms with Crippen LogP contribution in [0.15, 0.2) is 36.4 Å². The molecular formula is C22H24ClFN4O3. The van der Waals surface area contributed by atoms with E-state index in [2.05, 4.69) is 20.2 Å². The number of rotatable bonds is 8. The molecular weight excluding hydrogens is 423 g/mol. The van der Waals surface area contributed by atoms with E-state index in [1.165, 1.54) is 6.07 Å². The molecule has 2 aromatic carbocycles. The Morgan fingerprint density at radius 3 is 2.84 bits per heavy atom. The summed E-state index contributed by atoms with van der Waals surface area (Å²) in [6, 6.07) is 10.4. The second-order valence-electron chi connectivity index (χ2n) is 7.12. The number of fused-ring (bicyclic) bond motifs is 1. The Balaban J connectivity index is 1.54. The van der Waals surface area contributed by atoms with Crippen LogP contribution in [0.5, 0.6) is 11.8 Å². The molecule has 9 heteroatoms. The summed E-state index contributed by atoms with van der Waals surface area (Å²) in [5.74, 6) is 0.541. The van der Waals surface area contributed by atoms with Crippen molar-refractivity contribution >= 4 is 34.0 Å². The number of aromatic nitrogens is 2. The van der Waals surface area contributed by atoms with Crippen LogP contribution in [-0.4, -0.2) is 61.4 Å². The second kappa shape index (κ2) is 10.1. The maximum Gasteiger partial charge on any atom is 0.318 e. The van der Waals surface area contributed by atoms with Crippen LogP contribution in [0.25, 0.3) is 10.9 Å². The predicted octanol–water partition coefficient (Wildman–Crippen LogP) is 4.28. The van der Waals surface area contributed by atoms with Crippen molar-refractivity contribution in [2.24, 2.45) is 0 Å². The summed E-state index contributed by atoms with van der Waals surface area (Å²) in [5.41, 5.74) is 0.851. The predicted molar refractivity (Wildman–Crippen MR) is 118 cm³/mol. The molecule has 1 aliphatic rings. The molecule has 1 aromatic heterocycles. The van der Waals surface area contributed by atoms with Gasteiger partial charge in [0.05, 0.1) is 43.2 Å². The minimum absolute atomic E-state index is 0.0321. The lowest BCUT2D eigenvalue weighted by atomic mass is 10.2. The average Bonchev–Trinajstić information content (AvgIpc) is 2.80. The van der Waals surface area contributed by atoms with Crippen LogP contribution in [0.3, 0.4) is 0 Å². The zero-order chi connectivity index (χ0) is 21.6. The molecule has 0 atom stereocenters. The summed E-state index contributed by atoms with van der Waals surface area (Å²) in [7, 11) is 1.59. The highest BCUT2D eigenvalue weighted by Crippen LogP contribution is 2.31. The van der Waals surface area contributed by atoms with Crippen LogP contribution in [0.4, 0.5) is 15.9 Å². The van der Waals surface area contributed by atoms with Crippen molar-refractivity contribution in [3.05, 3.63) is 47.2 Å². The number of ether oxygens (including phenoxy) is 3. The molecule has 0 aliphatic carbocycles. The largest absolute Gasteiger partial charge is 0.497 e. The van der Waals surface area contributed by atoms with Crippen LogP contribution in [0, 0.1) is 5.82 Å². The third-order valence-electron chi connectivity index (χ3n) is 5.04. The van der Waals surface area contributed by atoms with Crippen LogP contribution < -0.4 is 14.8 Å². The Morgan fingerprint density at radius 2 is 2.03 bits per heavy atom. The van der Waals surface area contributed by atoms with E-state index in [-0.39, 0.29) is 16.7 Å². The van der Waals surface area contributed by atoms with E-state index in [0.29, 0.717) is 29.1 Å². The van der Waals surface area contributed by atoms with Gasteiger partial charge in [0.15, 0.2) is 5.82 Å². The number of hydrogen-bond donors (Lipinski definition) is 1. The van der Waals surface area contributed by atoms with Gasteiger partial charge in [0.25, 0.3) is 0 Å². The minimum atomic E-state index is -0.544. The molecule has 0 radical (unpaired) electrons. The molecule has 4 rings (SSSR count). The smallest absolute Gasteiger partial charge is 0.318 e. The third kappa shape index (κ3) is 5.33. The van der Waals surface area contributed by atoms with Gasteiger partial charge in [0.1, 0.15) is 11.6 Å². The fraction of sp³-hybridized carbons (Fsp3) is 0.364. The normalized spacial score (nSPS) is 14.5. The standard InChI is InChI=1S/C22H24ClFN4O3/c1-29-15-6-7-16-19(14-15)26-22(31-11-3-8-28-9-12-30-13-10-28)27-21(16)25-18-5-2-4-17(23)20(18)24/h2,4-7,14H,3,8-13H2,1H3,(H,25,26,27). The number of hydrogen-bond acceptors (Lipinski definition) is 7. The third-order valence-corrected chi connectivity index (χ3v) is 5.33. The van der Waals surface area contributed by atoms with E-state index >= 15 is 0 Å². The lowest BCUT2D eigenvalue weighted by Crippen LogP contribution is -2.37. The van der Waals surface area contributed by atoms with Crippen LogP contribution >= 0.6 is 11.6 Å². The Kier molecular flexibility index (Phi) is 7.01. The highest BCUT2D eigenvalue weighted by Gasteiger charge is 2.14. The molecule has 3 aromatic rings. The summed E-state index contributed by atoms with van der Waals surface area (Å²) < 4.78 is 30.9. The van der Waals surface area contributed by atoms with Gasteiger partial charge in [0.2, 0.25) is 0 Å². The summed E-state index contributed by atoms with van der Waals surface area (Å²) in [4.78, 5) is 11.3. The molecule has 0 spiro atoms. The second-order valence-corrected chi connectivity index (χ2v) is 7.53. The maximum absolute atomic E-state index is 14.4. The lowest BCUT2D eigenvalue weighted by Gasteiger charge is -2.26. The Bertz CT molecular complexity index is 1050. The first-order valence-corrected chi connectivity index (χ1v) is 10.5. The van der Waals surface area contributed by atoms with Crippen molar-refractivity contribution in [1.82, 2.24) is 14.9 Å². The van der Waals surface area contributed by atoms with Crippen LogP contribution in [0.1, 0.15) is 6.42 Å². The van der Waals surface area contributed by atoms with Gasteiger partial charge in [0, 0.05) is 31.1 Å². The van der Waals surface area contributed by atoms with Crippen LogP contribution in [-0.2, 0) is 4.74 Å². The zero-order valence-electron chi connectivity index (χ0n) is 17.2. The highest BCUT2D eigenvalue weighted by atomic mass is 35.5. The number of methoxy groups -OCH3 is 1. The number of anilines is 2. The van der Waals surface area contributed by atoms with E-state index in [4.69, 9.17) is 25.8 Å². The number of nitrogens with zero attached hydrogens (tertiary/aromatic N) is 3. The summed E-state index contributed by atoms with van der Waals surface area (Å²) in [5, 5.41) is 3.76. The van der Waals surface area contributed by atoms with Gasteiger partial charge in [-0.25, -0.2) is 4.39 Å². The van der Waals surface area contributed by atoms with Crippen molar-refractivity contribution in [2.45, 2.75) is 6.42 Å². The molecule has 1 fully saturated rings. The fourth-order valence-corrected chi connectivity index (χ4v) is 3.55. The Morgan fingerprint density at radius 1 is 1.19 bits per heavy atom. The first-order chi connectivity index (χ1) is 15.1. The first kappa shape index (κ1) is 21.5. The maximum atomic E-state index is 14.4. The van der Waals surface area contributed by atoms with E-state index in [9.17, 15) is 4.39 Å². The van der Waals surface area contributed by atoms with Gasteiger partial charge >= 0.3 is 6.01 Å². The number of halogens is 2. The molecule has 0 amide bonds. The molecule has 7 nitrogen and oxygen atoms in total. The van der Waals surface area contributed by atoms with Gasteiger partial charge in [-0.2, -0.15) is 9.97 Å². The molecule has 1 saturated heterocycles. The van der Waals surface area contributed by atoms with E-state index in [0.717, 1.165) is 39.3 Å². The fourth-order valence-electron chi connectivity index (χ4n) is 3.38. The Labute approximate surface area is 185 Å². The van der Waals surface area contributed by atoms with Gasteiger partial charge in [-0.1, -0.05) is 17.7 Å². The van der Waals surface area contributed by atoms with Gasteiger partial charge < -0.3 is 19.5 Å². The topological polar surface area (TPSA) is 68.7 Å². The SMILES string of the molecule is COc1ccc2c(Nc3cccc(Cl)c3F)nc(OCCCN3CCOCC3)nc2c1. The number of morpholine rings is 1. The quantitative estimate of drug-likeness (QED) is 0.518. The molecule has 1 N–H and O–H groups in total. The van der Waals surface area contributed by atoms with E-state index < -0.39 is 5.82 Å². The lowest BCUT2D eigenvalue weighted by molar-refractivity contribution is 0.0356. The molecule has 1 aliphatic heterocycles. The van der Waals surface area contributed by atoms with Crippen LogP contribution in [0.2, 0.25) is 5.02 Å². The molecule has 0 bridgehead atoms. The van der Waals surface area contributed by atoms with Gasteiger partial charge in [-0.3, -0.25) is 4.90 Å². The minimum Gasteiger partial charge on any atom is -0.497 e. The number of benzene rings is 2. The highest BCUT2D eigenvalue weighted by molar-refractivity contribution is 6.31. The number of nitrogens with one attached hydrogen (secondary N) is 1. The van der Waals surface area contributed by atoms with Crippen molar-refractivity contribution in [2.75, 3.05) is 51.9 Å². The first-order valence-electron chi connectivity index (χ1n) is 10.1. The van der Waals surface area contributed by atoms with Crippen molar-refractivity contribution in [3.8, 4) is 11.8 Å². The summed E-state index contributed by atoms with van der Waals surface area (Å²) in [6.07, 6.45) is 0.838. The molecule has 31 heavy (non-hydrogen) atoms. The van der Waals surface area contributed by atoms with Crippen molar-refractivity contribution in [3.63, 3.8) is 0 Å². The van der Waals surface area contributed by atoms with E-state index in [1.807, 2.05) is 6.07 Å².